The molecule has 0 amide bonds. The van der Waals surface area contributed by atoms with Crippen LogP contribution in [0.25, 0.3) is 0 Å². The summed E-state index contributed by atoms with van der Waals surface area (Å²) >= 11 is 0. The van der Waals surface area contributed by atoms with Crippen molar-refractivity contribution < 1.29 is 4.74 Å². The second-order valence-corrected chi connectivity index (χ2v) is 4.32. The highest BCUT2D eigenvalue weighted by atomic mass is 28.3. The van der Waals surface area contributed by atoms with E-state index in [9.17, 15) is 0 Å². The van der Waals surface area contributed by atoms with E-state index in [1.54, 1.807) is 6.26 Å². The summed E-state index contributed by atoms with van der Waals surface area (Å²) in [5.41, 5.74) is 2.13. The maximum atomic E-state index is 4.99. The van der Waals surface area contributed by atoms with Gasteiger partial charge in [0.05, 0.1) is 21.7 Å². The Bertz CT molecular complexity index is 68.9. The average molecular weight is 129 g/mol. The minimum Gasteiger partial charge on any atom is -0.502 e. The number of rotatable bonds is 3. The van der Waals surface area contributed by atoms with Gasteiger partial charge in [0.15, 0.2) is 0 Å². The van der Waals surface area contributed by atoms with Gasteiger partial charge in [-0.05, 0) is 6.92 Å². The topological polar surface area (TPSA) is 9.23 Å². The molecule has 1 nitrogen and oxygen atoms in total. The molecule has 0 aromatic heterocycles. The van der Waals surface area contributed by atoms with Crippen molar-refractivity contribution in [2.24, 2.45) is 0 Å². The summed E-state index contributed by atoms with van der Waals surface area (Å²) in [6, 6.07) is 0. The monoisotopic (exact) mass is 129 g/mol. The lowest BCUT2D eigenvalue weighted by molar-refractivity contribution is 0.270. The molecule has 1 radical (unpaired) electrons. The summed E-state index contributed by atoms with van der Waals surface area (Å²) in [6.07, 6.45) is 1.80. The highest BCUT2D eigenvalue weighted by Crippen LogP contribution is 1.82. The summed E-state index contributed by atoms with van der Waals surface area (Å²) < 4.78 is 4.99. The SMILES string of the molecule is CCO/C=C/[Si](C)C. The molecule has 0 N–H and O–H groups in total. The molecule has 0 aromatic carbocycles. The van der Waals surface area contributed by atoms with Gasteiger partial charge in [-0.25, -0.2) is 0 Å². The first-order valence-electron chi connectivity index (χ1n) is 2.85. The van der Waals surface area contributed by atoms with Crippen LogP contribution in [-0.2, 0) is 4.74 Å². The molecule has 8 heavy (non-hydrogen) atoms. The molecule has 0 unspecified atom stereocenters. The lowest BCUT2D eigenvalue weighted by Crippen LogP contribution is -1.92. The van der Waals surface area contributed by atoms with Crippen molar-refractivity contribution in [3.63, 3.8) is 0 Å². The van der Waals surface area contributed by atoms with Crippen LogP contribution in [-0.4, -0.2) is 15.4 Å². The van der Waals surface area contributed by atoms with Gasteiger partial charge in [0, 0.05) is 0 Å². The first kappa shape index (κ1) is 7.76. The van der Waals surface area contributed by atoms with Crippen molar-refractivity contribution in [3.8, 4) is 0 Å². The highest BCUT2D eigenvalue weighted by molar-refractivity contribution is 6.61. The van der Waals surface area contributed by atoms with Gasteiger partial charge in [0.2, 0.25) is 0 Å². The van der Waals surface area contributed by atoms with Crippen LogP contribution < -0.4 is 0 Å². The van der Waals surface area contributed by atoms with E-state index < -0.39 is 0 Å². The van der Waals surface area contributed by atoms with Gasteiger partial charge < -0.3 is 4.74 Å². The molecule has 0 aliphatic heterocycles. The van der Waals surface area contributed by atoms with E-state index in [2.05, 4.69) is 18.8 Å². The van der Waals surface area contributed by atoms with Crippen LogP contribution in [0.5, 0.6) is 0 Å². The third-order valence-corrected chi connectivity index (χ3v) is 1.47. The van der Waals surface area contributed by atoms with Crippen molar-refractivity contribution in [2.75, 3.05) is 6.61 Å². The fourth-order valence-electron chi connectivity index (χ4n) is 0.280. The summed E-state index contributed by atoms with van der Waals surface area (Å²) in [5.74, 6) is 0. The number of ether oxygens (including phenoxy) is 1. The van der Waals surface area contributed by atoms with Crippen molar-refractivity contribution in [3.05, 3.63) is 12.0 Å². The van der Waals surface area contributed by atoms with Crippen molar-refractivity contribution in [2.45, 2.75) is 20.0 Å². The molecule has 0 heterocycles. The molecular weight excluding hydrogens is 116 g/mol. The Morgan fingerprint density at radius 3 is 2.50 bits per heavy atom. The maximum Gasteiger partial charge on any atom is 0.0844 e. The minimum atomic E-state index is -0.213. The van der Waals surface area contributed by atoms with Gasteiger partial charge in [0.25, 0.3) is 0 Å². The average Bonchev–Trinajstić information content (AvgIpc) is 1.66. The van der Waals surface area contributed by atoms with Crippen LogP contribution >= 0.6 is 0 Å². The molecule has 0 aromatic rings. The molecular formula is C6H13OSi. The van der Waals surface area contributed by atoms with Crippen LogP contribution in [0.3, 0.4) is 0 Å². The lowest BCUT2D eigenvalue weighted by atomic mass is 10.9. The zero-order chi connectivity index (χ0) is 6.41. The van der Waals surface area contributed by atoms with E-state index in [1.807, 2.05) is 6.92 Å². The zero-order valence-corrected chi connectivity index (χ0v) is 6.77. The van der Waals surface area contributed by atoms with Crippen LogP contribution in [0.1, 0.15) is 6.92 Å². The smallest absolute Gasteiger partial charge is 0.0844 e. The van der Waals surface area contributed by atoms with Crippen molar-refractivity contribution in [1.29, 1.82) is 0 Å². The van der Waals surface area contributed by atoms with Gasteiger partial charge in [-0.15, -0.1) is 0 Å². The van der Waals surface area contributed by atoms with E-state index in [0.29, 0.717) is 0 Å². The van der Waals surface area contributed by atoms with E-state index in [0.717, 1.165) is 6.61 Å². The highest BCUT2D eigenvalue weighted by Gasteiger charge is 1.83. The molecule has 0 rings (SSSR count). The Kier molecular flexibility index (Phi) is 4.76. The third kappa shape index (κ3) is 5.76. The second-order valence-electron chi connectivity index (χ2n) is 1.84. The molecule has 0 atom stereocenters. The van der Waals surface area contributed by atoms with Crippen molar-refractivity contribution >= 4 is 8.80 Å². The van der Waals surface area contributed by atoms with Crippen LogP contribution in [0.15, 0.2) is 12.0 Å². The maximum absolute atomic E-state index is 4.99. The Morgan fingerprint density at radius 1 is 1.50 bits per heavy atom. The summed E-state index contributed by atoms with van der Waals surface area (Å²) in [4.78, 5) is 0. The third-order valence-electron chi connectivity index (χ3n) is 0.664. The van der Waals surface area contributed by atoms with Gasteiger partial charge >= 0.3 is 0 Å². The summed E-state index contributed by atoms with van der Waals surface area (Å²) in [6.45, 7) is 7.22. The zero-order valence-electron chi connectivity index (χ0n) is 5.77. The molecule has 0 spiro atoms. The predicted octanol–water partition coefficient (Wildman–Crippen LogP) is 1.83. The van der Waals surface area contributed by atoms with E-state index >= 15 is 0 Å². The van der Waals surface area contributed by atoms with Gasteiger partial charge in [-0.3, -0.25) is 0 Å². The first-order valence-corrected chi connectivity index (χ1v) is 5.43. The molecule has 0 aliphatic carbocycles. The minimum absolute atomic E-state index is 0.213. The first-order chi connectivity index (χ1) is 3.77. The normalized spacial score (nSPS) is 11.0. The van der Waals surface area contributed by atoms with Gasteiger partial charge in [-0.1, -0.05) is 18.8 Å². The molecule has 0 aliphatic rings. The Hall–Kier alpha value is -0.243. The lowest BCUT2D eigenvalue weighted by Gasteiger charge is -1.92. The predicted molar refractivity (Wildman–Crippen MR) is 38.2 cm³/mol. The van der Waals surface area contributed by atoms with Crippen LogP contribution in [0.4, 0.5) is 0 Å². The fourth-order valence-corrected chi connectivity index (χ4v) is 0.649. The number of hydrogen-bond donors (Lipinski definition) is 0. The largest absolute Gasteiger partial charge is 0.502 e. The van der Waals surface area contributed by atoms with E-state index in [4.69, 9.17) is 4.74 Å². The molecule has 0 fully saturated rings. The van der Waals surface area contributed by atoms with E-state index in [-0.39, 0.29) is 8.80 Å². The number of hydrogen-bond acceptors (Lipinski definition) is 1. The fraction of sp³-hybridized carbons (Fsp3) is 0.667. The summed E-state index contributed by atoms with van der Waals surface area (Å²) in [5, 5.41) is 0. The van der Waals surface area contributed by atoms with Crippen LogP contribution in [0, 0.1) is 0 Å². The molecule has 47 valence electrons. The molecule has 0 saturated carbocycles. The molecule has 2 heteroatoms. The Labute approximate surface area is 53.0 Å². The van der Waals surface area contributed by atoms with E-state index in [1.165, 1.54) is 0 Å². The standard InChI is InChI=1S/C6H13OSi/c1-4-7-5-6-8(2)3/h5-6H,4H2,1-3H3/b6-5+. The quantitative estimate of drug-likeness (QED) is 0.417. The second kappa shape index (κ2) is 4.90. The summed E-state index contributed by atoms with van der Waals surface area (Å²) in [7, 11) is -0.213. The molecule has 0 bridgehead atoms. The Balaban J connectivity index is 3.07. The van der Waals surface area contributed by atoms with Crippen LogP contribution in [0.2, 0.25) is 13.1 Å². The van der Waals surface area contributed by atoms with Crippen molar-refractivity contribution in [1.82, 2.24) is 0 Å². The van der Waals surface area contributed by atoms with Gasteiger partial charge in [-0.2, -0.15) is 0 Å². The molecule has 0 saturated heterocycles. The van der Waals surface area contributed by atoms with Gasteiger partial charge in [0.1, 0.15) is 0 Å². The Morgan fingerprint density at radius 2 is 2.12 bits per heavy atom.